The Hall–Kier alpha value is -2.23. The maximum absolute atomic E-state index is 13.1. The molecular weight excluding hydrogens is 260 g/mol. The van der Waals surface area contributed by atoms with Crippen LogP contribution in [0.1, 0.15) is 19.4 Å². The van der Waals surface area contributed by atoms with Gasteiger partial charge in [-0.2, -0.15) is 0 Å². The molecule has 0 atom stereocenters. The number of carbonyl (C=O) groups is 1. The van der Waals surface area contributed by atoms with Crippen LogP contribution in [0.25, 0.3) is 0 Å². The second-order valence-electron chi connectivity index (χ2n) is 5.10. The van der Waals surface area contributed by atoms with Gasteiger partial charge < -0.3 is 5.32 Å². The van der Waals surface area contributed by atoms with Crippen LogP contribution in [-0.2, 0) is 10.2 Å². The fourth-order valence-electron chi connectivity index (χ4n) is 1.90. The molecule has 2 aromatic carbocycles. The van der Waals surface area contributed by atoms with Crippen molar-refractivity contribution in [3.63, 3.8) is 0 Å². The SMILES string of the molecule is CC(C)(C(=O)Nc1cc(F)cc(F)c1)c1ccccc1. The highest BCUT2D eigenvalue weighted by Crippen LogP contribution is 2.25. The molecule has 0 saturated carbocycles. The van der Waals surface area contributed by atoms with E-state index in [0.717, 1.165) is 23.8 Å². The van der Waals surface area contributed by atoms with Crippen LogP contribution in [0.3, 0.4) is 0 Å². The van der Waals surface area contributed by atoms with Gasteiger partial charge in [0.05, 0.1) is 5.41 Å². The lowest BCUT2D eigenvalue weighted by atomic mass is 9.83. The number of benzene rings is 2. The quantitative estimate of drug-likeness (QED) is 0.905. The minimum absolute atomic E-state index is 0.108. The molecule has 2 nitrogen and oxygen atoms in total. The Morgan fingerprint density at radius 2 is 1.55 bits per heavy atom. The van der Waals surface area contributed by atoms with Crippen LogP contribution < -0.4 is 5.32 Å². The van der Waals surface area contributed by atoms with Gasteiger partial charge in [0.1, 0.15) is 11.6 Å². The Bertz CT molecular complexity index is 603. The van der Waals surface area contributed by atoms with Gasteiger partial charge in [0.25, 0.3) is 0 Å². The highest BCUT2D eigenvalue weighted by molar-refractivity contribution is 5.98. The molecular formula is C16H15F2NO. The summed E-state index contributed by atoms with van der Waals surface area (Å²) >= 11 is 0. The third-order valence-corrected chi connectivity index (χ3v) is 3.18. The fraction of sp³-hybridized carbons (Fsp3) is 0.188. The Labute approximate surface area is 116 Å². The molecule has 0 unspecified atom stereocenters. The molecule has 0 fully saturated rings. The van der Waals surface area contributed by atoms with Gasteiger partial charge in [-0.1, -0.05) is 30.3 Å². The van der Waals surface area contributed by atoms with Crippen molar-refractivity contribution in [1.82, 2.24) is 0 Å². The van der Waals surface area contributed by atoms with Gasteiger partial charge in [-0.15, -0.1) is 0 Å². The van der Waals surface area contributed by atoms with Crippen LogP contribution in [0.15, 0.2) is 48.5 Å². The number of nitrogens with one attached hydrogen (secondary N) is 1. The van der Waals surface area contributed by atoms with Gasteiger partial charge in [0, 0.05) is 11.8 Å². The standard InChI is InChI=1S/C16H15F2NO/c1-16(2,11-6-4-3-5-7-11)15(20)19-14-9-12(17)8-13(18)10-14/h3-10H,1-2H3,(H,19,20). The van der Waals surface area contributed by atoms with Crippen molar-refractivity contribution in [3.05, 3.63) is 65.7 Å². The molecule has 0 radical (unpaired) electrons. The van der Waals surface area contributed by atoms with Crippen LogP contribution >= 0.6 is 0 Å². The van der Waals surface area contributed by atoms with E-state index in [9.17, 15) is 13.6 Å². The maximum Gasteiger partial charge on any atom is 0.234 e. The van der Waals surface area contributed by atoms with E-state index >= 15 is 0 Å². The lowest BCUT2D eigenvalue weighted by molar-refractivity contribution is -0.120. The van der Waals surface area contributed by atoms with Gasteiger partial charge >= 0.3 is 0 Å². The van der Waals surface area contributed by atoms with Crippen molar-refractivity contribution in [2.45, 2.75) is 19.3 Å². The van der Waals surface area contributed by atoms with E-state index in [-0.39, 0.29) is 11.6 Å². The first-order valence-electron chi connectivity index (χ1n) is 6.22. The van der Waals surface area contributed by atoms with Crippen molar-refractivity contribution < 1.29 is 13.6 Å². The minimum atomic E-state index is -0.802. The summed E-state index contributed by atoms with van der Waals surface area (Å²) in [4.78, 5) is 12.3. The minimum Gasteiger partial charge on any atom is -0.325 e. The zero-order valence-corrected chi connectivity index (χ0v) is 11.3. The van der Waals surface area contributed by atoms with Gasteiger partial charge in [-0.05, 0) is 31.5 Å². The molecule has 0 bridgehead atoms. The summed E-state index contributed by atoms with van der Waals surface area (Å²) in [6, 6.07) is 12.2. The summed E-state index contributed by atoms with van der Waals surface area (Å²) in [5.74, 6) is -1.77. The van der Waals surface area contributed by atoms with Gasteiger partial charge in [0.2, 0.25) is 5.91 Å². The molecule has 0 saturated heterocycles. The Morgan fingerprint density at radius 1 is 1.00 bits per heavy atom. The predicted octanol–water partition coefficient (Wildman–Crippen LogP) is 3.88. The van der Waals surface area contributed by atoms with Crippen molar-refractivity contribution >= 4 is 11.6 Å². The zero-order chi connectivity index (χ0) is 14.8. The smallest absolute Gasteiger partial charge is 0.234 e. The average Bonchev–Trinajstić information content (AvgIpc) is 2.38. The topological polar surface area (TPSA) is 29.1 Å². The van der Waals surface area contributed by atoms with E-state index in [1.165, 1.54) is 0 Å². The summed E-state index contributed by atoms with van der Waals surface area (Å²) in [5.41, 5.74) is 0.134. The Balaban J connectivity index is 2.23. The molecule has 0 heterocycles. The van der Waals surface area contributed by atoms with Crippen LogP contribution in [-0.4, -0.2) is 5.91 Å². The Kier molecular flexibility index (Phi) is 3.84. The summed E-state index contributed by atoms with van der Waals surface area (Å²) in [6.45, 7) is 3.51. The first-order chi connectivity index (χ1) is 9.39. The van der Waals surface area contributed by atoms with Crippen LogP contribution in [0.4, 0.5) is 14.5 Å². The predicted molar refractivity (Wildman–Crippen MR) is 74.5 cm³/mol. The van der Waals surface area contributed by atoms with E-state index in [0.29, 0.717) is 0 Å². The molecule has 4 heteroatoms. The number of rotatable bonds is 3. The third kappa shape index (κ3) is 3.02. The number of halogens is 2. The molecule has 2 aromatic rings. The van der Waals surface area contributed by atoms with Crippen molar-refractivity contribution in [3.8, 4) is 0 Å². The molecule has 0 spiro atoms. The average molecular weight is 275 g/mol. The fourth-order valence-corrected chi connectivity index (χ4v) is 1.90. The number of anilines is 1. The van der Waals surface area contributed by atoms with Gasteiger partial charge in [-0.25, -0.2) is 8.78 Å². The maximum atomic E-state index is 13.1. The summed E-state index contributed by atoms with van der Waals surface area (Å²) in [5, 5.41) is 2.54. The Morgan fingerprint density at radius 3 is 2.10 bits per heavy atom. The van der Waals surface area contributed by atoms with Crippen molar-refractivity contribution in [2.75, 3.05) is 5.32 Å². The summed E-state index contributed by atoms with van der Waals surface area (Å²) < 4.78 is 26.2. The molecule has 1 amide bonds. The molecule has 1 N–H and O–H groups in total. The number of hydrogen-bond donors (Lipinski definition) is 1. The van der Waals surface area contributed by atoms with Gasteiger partial charge in [0.15, 0.2) is 0 Å². The normalized spacial score (nSPS) is 11.2. The molecule has 0 aliphatic heterocycles. The zero-order valence-electron chi connectivity index (χ0n) is 11.3. The summed E-state index contributed by atoms with van der Waals surface area (Å²) in [7, 11) is 0. The van der Waals surface area contributed by atoms with E-state index in [1.807, 2.05) is 30.3 Å². The molecule has 0 aromatic heterocycles. The van der Waals surface area contributed by atoms with E-state index in [1.54, 1.807) is 13.8 Å². The second kappa shape index (κ2) is 5.41. The van der Waals surface area contributed by atoms with Crippen LogP contribution in [0.2, 0.25) is 0 Å². The van der Waals surface area contributed by atoms with Gasteiger partial charge in [-0.3, -0.25) is 4.79 Å². The lowest BCUT2D eigenvalue weighted by Crippen LogP contribution is -2.34. The number of amides is 1. The highest BCUT2D eigenvalue weighted by Gasteiger charge is 2.29. The summed E-state index contributed by atoms with van der Waals surface area (Å²) in [6.07, 6.45) is 0. The second-order valence-corrected chi connectivity index (χ2v) is 5.10. The molecule has 2 rings (SSSR count). The van der Waals surface area contributed by atoms with E-state index < -0.39 is 17.0 Å². The van der Waals surface area contributed by atoms with E-state index in [2.05, 4.69) is 5.32 Å². The molecule has 0 aliphatic rings. The van der Waals surface area contributed by atoms with E-state index in [4.69, 9.17) is 0 Å². The number of carbonyl (C=O) groups excluding carboxylic acids is 1. The highest BCUT2D eigenvalue weighted by atomic mass is 19.1. The first kappa shape index (κ1) is 14.2. The molecule has 104 valence electrons. The first-order valence-corrected chi connectivity index (χ1v) is 6.22. The van der Waals surface area contributed by atoms with Crippen molar-refractivity contribution in [2.24, 2.45) is 0 Å². The molecule has 0 aliphatic carbocycles. The van der Waals surface area contributed by atoms with Crippen LogP contribution in [0, 0.1) is 11.6 Å². The van der Waals surface area contributed by atoms with Crippen molar-refractivity contribution in [1.29, 1.82) is 0 Å². The third-order valence-electron chi connectivity index (χ3n) is 3.18. The molecule has 20 heavy (non-hydrogen) atoms. The monoisotopic (exact) mass is 275 g/mol. The number of hydrogen-bond acceptors (Lipinski definition) is 1. The van der Waals surface area contributed by atoms with Crippen LogP contribution in [0.5, 0.6) is 0 Å². The lowest BCUT2D eigenvalue weighted by Gasteiger charge is -2.24. The largest absolute Gasteiger partial charge is 0.325 e.